The highest BCUT2D eigenvalue weighted by atomic mass is 16.1. The molecule has 0 bridgehead atoms. The molecular formula is C5H4N4O. The van der Waals surface area contributed by atoms with Crippen molar-refractivity contribution >= 4 is 0 Å². The Labute approximate surface area is 55.4 Å². The third-order valence-electron chi connectivity index (χ3n) is 1.26. The molecule has 2 heterocycles. The van der Waals surface area contributed by atoms with Gasteiger partial charge in [0.05, 0.1) is 6.20 Å². The summed E-state index contributed by atoms with van der Waals surface area (Å²) in [6, 6.07) is 0. The number of rotatable bonds is 0. The molecule has 0 fully saturated rings. The van der Waals surface area contributed by atoms with E-state index in [0.717, 1.165) is 5.56 Å². The molecule has 10 heavy (non-hydrogen) atoms. The van der Waals surface area contributed by atoms with Crippen LogP contribution in [0.4, 0.5) is 0 Å². The fourth-order valence-electron chi connectivity index (χ4n) is 0.788. The van der Waals surface area contributed by atoms with Gasteiger partial charge in [0.25, 0.3) is 5.56 Å². The fraction of sp³-hybridized carbons (Fsp3) is 0. The van der Waals surface area contributed by atoms with Gasteiger partial charge in [-0.1, -0.05) is 0 Å². The quantitative estimate of drug-likeness (QED) is 0.517. The molecule has 0 aromatic rings. The summed E-state index contributed by atoms with van der Waals surface area (Å²) in [6.45, 7) is 0. The zero-order valence-electron chi connectivity index (χ0n) is 4.96. The highest BCUT2D eigenvalue weighted by Crippen LogP contribution is 2.08. The Hall–Kier alpha value is -1.65. The zero-order chi connectivity index (χ0) is 6.97. The normalized spacial score (nSPS) is 10.4. The molecule has 2 rings (SSSR count). The summed E-state index contributed by atoms with van der Waals surface area (Å²) in [5.74, 6) is 0. The lowest BCUT2D eigenvalue weighted by Crippen LogP contribution is -2.10. The molecule has 0 spiro atoms. The zero-order valence-corrected chi connectivity index (χ0v) is 4.96. The van der Waals surface area contributed by atoms with E-state index in [1.54, 1.807) is 6.20 Å². The largest absolute Gasteiger partial charge is 0.305 e. The Morgan fingerprint density at radius 2 is 2.40 bits per heavy atom. The number of hydrogen-bond acceptors (Lipinski definition) is 3. The predicted octanol–water partition coefficient (Wildman–Crippen LogP) is -0.402. The molecule has 0 saturated carbocycles. The van der Waals surface area contributed by atoms with E-state index >= 15 is 0 Å². The lowest BCUT2D eigenvalue weighted by Gasteiger charge is -1.89. The molecule has 2 aliphatic heterocycles. The number of hydrogen-bond donors (Lipinski definition) is 2. The van der Waals surface area contributed by atoms with E-state index < -0.39 is 0 Å². The van der Waals surface area contributed by atoms with Crippen molar-refractivity contribution in [2.24, 2.45) is 0 Å². The third kappa shape index (κ3) is 0.540. The maximum absolute atomic E-state index is 10.9. The van der Waals surface area contributed by atoms with E-state index in [-0.39, 0.29) is 5.56 Å². The molecule has 5 nitrogen and oxygen atoms in total. The van der Waals surface area contributed by atoms with Crippen molar-refractivity contribution in [2.75, 3.05) is 0 Å². The highest BCUT2D eigenvalue weighted by Gasteiger charge is 2.07. The van der Waals surface area contributed by atoms with Gasteiger partial charge in [-0.3, -0.25) is 9.89 Å². The molecule has 0 aliphatic carbocycles. The number of nitrogens with zero attached hydrogens (tertiary/aromatic N) is 2. The van der Waals surface area contributed by atoms with Crippen LogP contribution >= 0.6 is 0 Å². The highest BCUT2D eigenvalue weighted by molar-refractivity contribution is 5.55. The fourth-order valence-corrected chi connectivity index (χ4v) is 0.788. The van der Waals surface area contributed by atoms with Gasteiger partial charge < -0.3 is 5.10 Å². The van der Waals surface area contributed by atoms with Crippen LogP contribution in [-0.2, 0) is 0 Å². The van der Waals surface area contributed by atoms with Crippen molar-refractivity contribution < 1.29 is 0 Å². The molecule has 2 N–H and O–H groups in total. The van der Waals surface area contributed by atoms with E-state index in [4.69, 9.17) is 0 Å². The van der Waals surface area contributed by atoms with Crippen LogP contribution < -0.4 is 5.56 Å². The lowest BCUT2D eigenvalue weighted by molar-refractivity contribution is 0.974. The van der Waals surface area contributed by atoms with Crippen molar-refractivity contribution in [3.63, 3.8) is 0 Å². The smallest absolute Gasteiger partial charge is 0.290 e. The average Bonchev–Trinajstić information content (AvgIpc) is 2.36. The first kappa shape index (κ1) is 5.16. The van der Waals surface area contributed by atoms with Crippen LogP contribution in [0, 0.1) is 0 Å². The first-order valence-electron chi connectivity index (χ1n) is 2.75. The van der Waals surface area contributed by atoms with Crippen molar-refractivity contribution in [1.82, 2.24) is 20.4 Å². The van der Waals surface area contributed by atoms with E-state index in [2.05, 4.69) is 20.4 Å². The maximum atomic E-state index is 10.9. The molecule has 0 saturated heterocycles. The van der Waals surface area contributed by atoms with Gasteiger partial charge in [-0.2, -0.15) is 5.10 Å². The van der Waals surface area contributed by atoms with Gasteiger partial charge in [-0.05, 0) is 0 Å². The lowest BCUT2D eigenvalue weighted by atomic mass is 10.3. The summed E-state index contributed by atoms with van der Waals surface area (Å²) in [4.78, 5) is 10.9. The molecule has 2 aliphatic rings. The number of aromatic amines is 2. The molecule has 50 valence electrons. The van der Waals surface area contributed by atoms with Crippen molar-refractivity contribution in [2.45, 2.75) is 0 Å². The molecule has 0 aromatic carbocycles. The minimum absolute atomic E-state index is 0.241. The van der Waals surface area contributed by atoms with Crippen LogP contribution in [0.15, 0.2) is 17.2 Å². The molecular weight excluding hydrogens is 132 g/mol. The second-order valence-corrected chi connectivity index (χ2v) is 1.89. The van der Waals surface area contributed by atoms with Gasteiger partial charge in [0.15, 0.2) is 5.69 Å². The Balaban J connectivity index is 2.93. The van der Waals surface area contributed by atoms with Crippen LogP contribution in [0.25, 0.3) is 11.3 Å². The van der Waals surface area contributed by atoms with Crippen LogP contribution in [0.2, 0.25) is 0 Å². The summed E-state index contributed by atoms with van der Waals surface area (Å²) in [7, 11) is 0. The van der Waals surface area contributed by atoms with Crippen LogP contribution in [0.3, 0.4) is 0 Å². The Morgan fingerprint density at radius 3 is 3.20 bits per heavy atom. The van der Waals surface area contributed by atoms with E-state index in [0.29, 0.717) is 5.69 Å². The number of H-pyrrole nitrogens is 2. The van der Waals surface area contributed by atoms with Crippen molar-refractivity contribution in [3.05, 3.63) is 22.7 Å². The Bertz CT molecular complexity index is 362. The third-order valence-corrected chi connectivity index (χ3v) is 1.26. The van der Waals surface area contributed by atoms with Crippen LogP contribution in [0.1, 0.15) is 0 Å². The van der Waals surface area contributed by atoms with Gasteiger partial charge in [0.1, 0.15) is 0 Å². The van der Waals surface area contributed by atoms with Gasteiger partial charge in [0, 0.05) is 11.8 Å². The average molecular weight is 136 g/mol. The Kier molecular flexibility index (Phi) is 0.858. The second kappa shape index (κ2) is 1.66. The van der Waals surface area contributed by atoms with E-state index in [9.17, 15) is 4.79 Å². The number of nitrogens with one attached hydrogen (secondary N) is 2. The van der Waals surface area contributed by atoms with Crippen LogP contribution in [-0.4, -0.2) is 20.4 Å². The minimum atomic E-state index is -0.241. The van der Waals surface area contributed by atoms with Gasteiger partial charge >= 0.3 is 0 Å². The summed E-state index contributed by atoms with van der Waals surface area (Å²) >= 11 is 0. The second-order valence-electron chi connectivity index (χ2n) is 1.89. The number of aromatic nitrogens is 4. The Morgan fingerprint density at radius 1 is 1.50 bits per heavy atom. The molecule has 0 aromatic heterocycles. The van der Waals surface area contributed by atoms with E-state index in [1.165, 1.54) is 6.20 Å². The van der Waals surface area contributed by atoms with Crippen molar-refractivity contribution in [1.29, 1.82) is 0 Å². The van der Waals surface area contributed by atoms with Gasteiger partial charge in [0.2, 0.25) is 0 Å². The summed E-state index contributed by atoms with van der Waals surface area (Å²) in [5.41, 5.74) is 0.859. The predicted molar refractivity (Wildman–Crippen MR) is 33.6 cm³/mol. The standard InChI is InChI=1S/C5H4N4O/c10-5-4-3(1-6-8-4)2-7-9-5/h1-2,7H,(H,9,10). The first-order valence-corrected chi connectivity index (χ1v) is 2.75. The molecule has 0 radical (unpaired) electrons. The summed E-state index contributed by atoms with van der Waals surface area (Å²) < 4.78 is 0. The molecule has 0 atom stereocenters. The topological polar surface area (TPSA) is 74.4 Å². The van der Waals surface area contributed by atoms with E-state index in [1.807, 2.05) is 0 Å². The molecule has 0 unspecified atom stereocenters. The minimum Gasteiger partial charge on any atom is -0.305 e. The van der Waals surface area contributed by atoms with Crippen molar-refractivity contribution in [3.8, 4) is 11.3 Å². The molecule has 0 amide bonds. The number of fused-ring (bicyclic) bond motifs is 1. The summed E-state index contributed by atoms with van der Waals surface area (Å²) in [6.07, 6.45) is 3.16. The molecule has 5 heteroatoms. The first-order chi connectivity index (χ1) is 4.88. The maximum Gasteiger partial charge on any atom is 0.290 e. The van der Waals surface area contributed by atoms with Crippen LogP contribution in [0.5, 0.6) is 0 Å². The van der Waals surface area contributed by atoms with Gasteiger partial charge in [-0.15, -0.1) is 5.10 Å². The monoisotopic (exact) mass is 136 g/mol. The summed E-state index contributed by atoms with van der Waals surface area (Å²) in [5, 5.41) is 12.1. The van der Waals surface area contributed by atoms with Gasteiger partial charge in [-0.25, -0.2) is 0 Å². The SMILES string of the molecule is O=c1[nH][nH]cc2cnnc1-2.